The van der Waals surface area contributed by atoms with Crippen molar-refractivity contribution in [1.82, 2.24) is 15.2 Å². The number of carboxylic acid groups (broad SMARTS) is 2. The molecule has 7 atom stereocenters. The number of nitrogens with one attached hydrogen (secondary N) is 2. The van der Waals surface area contributed by atoms with Crippen LogP contribution in [0, 0.1) is 5.92 Å². The highest BCUT2D eigenvalue weighted by Gasteiger charge is 2.27. The lowest BCUT2D eigenvalue weighted by Crippen LogP contribution is -2.57. The Morgan fingerprint density at radius 1 is 0.912 bits per heavy atom. The summed E-state index contributed by atoms with van der Waals surface area (Å²) >= 11 is 0. The second kappa shape index (κ2) is 14.2. The van der Waals surface area contributed by atoms with E-state index in [4.69, 9.17) is 15.9 Å². The van der Waals surface area contributed by atoms with E-state index in [9.17, 15) is 24.9 Å². The van der Waals surface area contributed by atoms with Crippen molar-refractivity contribution >= 4 is 11.9 Å². The number of allylic oxidation sites excluding steroid dienone is 2. The van der Waals surface area contributed by atoms with Crippen LogP contribution in [0.3, 0.4) is 0 Å². The van der Waals surface area contributed by atoms with Crippen LogP contribution in [0.5, 0.6) is 0 Å². The normalized spacial score (nSPS) is 22.6. The fraction of sp³-hybridized carbons (Fsp3) is 0.652. The van der Waals surface area contributed by atoms with E-state index in [1.807, 2.05) is 24.5 Å². The molecule has 0 saturated carbocycles. The Hall–Kier alpha value is -2.28. The Morgan fingerprint density at radius 2 is 1.53 bits per heavy atom. The van der Waals surface area contributed by atoms with E-state index in [0.717, 1.165) is 19.3 Å². The van der Waals surface area contributed by atoms with Crippen molar-refractivity contribution in [2.24, 2.45) is 11.7 Å². The van der Waals surface area contributed by atoms with Gasteiger partial charge >= 0.3 is 11.9 Å². The van der Waals surface area contributed by atoms with Gasteiger partial charge in [0.2, 0.25) is 0 Å². The highest BCUT2D eigenvalue weighted by Crippen LogP contribution is 2.29. The van der Waals surface area contributed by atoms with E-state index in [0.29, 0.717) is 18.4 Å². The Labute approximate surface area is 199 Å². The van der Waals surface area contributed by atoms with Crippen molar-refractivity contribution in [2.45, 2.75) is 88.2 Å². The topological polar surface area (TPSA) is 190 Å². The van der Waals surface area contributed by atoms with E-state index in [1.54, 1.807) is 0 Å². The number of carbonyl (C=O) groups is 2. The number of aromatic nitrogens is 1. The molecule has 6 unspecified atom stereocenters. The first-order valence-corrected chi connectivity index (χ1v) is 11.7. The number of nitrogens with two attached hydrogens (primary N) is 1. The number of aliphatic hydroxyl groups is 3. The average molecular weight is 483 g/mol. The third-order valence-electron chi connectivity index (χ3n) is 6.18. The Bertz CT molecular complexity index is 771. The molecule has 0 saturated heterocycles. The van der Waals surface area contributed by atoms with Crippen LogP contribution < -0.4 is 16.4 Å². The number of aliphatic hydroxyl groups excluding tert-OH is 3. The van der Waals surface area contributed by atoms with Gasteiger partial charge in [-0.3, -0.25) is 20.2 Å². The van der Waals surface area contributed by atoms with Crippen LogP contribution in [0.2, 0.25) is 0 Å². The summed E-state index contributed by atoms with van der Waals surface area (Å²) in [6.07, 6.45) is 7.22. The van der Waals surface area contributed by atoms with Gasteiger partial charge in [0.05, 0.1) is 6.04 Å². The van der Waals surface area contributed by atoms with Crippen molar-refractivity contribution in [3.63, 3.8) is 0 Å². The predicted molar refractivity (Wildman–Crippen MR) is 124 cm³/mol. The van der Waals surface area contributed by atoms with Crippen molar-refractivity contribution in [3.05, 3.63) is 36.7 Å². The molecule has 34 heavy (non-hydrogen) atoms. The largest absolute Gasteiger partial charge is 0.481 e. The SMILES string of the molecule is NC(O)[C@H](CCC(=O)O)NC(O)C(CCC(=O)O)NC(O)CCC1C=CC(n2cccc2)CC1. The molecule has 9 N–H and O–H groups in total. The van der Waals surface area contributed by atoms with Gasteiger partial charge in [-0.15, -0.1) is 0 Å². The lowest BCUT2D eigenvalue weighted by molar-refractivity contribution is -0.138. The highest BCUT2D eigenvalue weighted by molar-refractivity contribution is 5.67. The van der Waals surface area contributed by atoms with Gasteiger partial charge in [0, 0.05) is 37.3 Å². The summed E-state index contributed by atoms with van der Waals surface area (Å²) in [6, 6.07) is 2.56. The second-order valence-corrected chi connectivity index (χ2v) is 8.86. The molecule has 0 bridgehead atoms. The molecule has 1 aliphatic rings. The third kappa shape index (κ3) is 9.92. The zero-order chi connectivity index (χ0) is 25.1. The van der Waals surface area contributed by atoms with Crippen LogP contribution in [-0.4, -0.2) is 72.8 Å². The number of aliphatic carboxylic acids is 2. The number of carboxylic acids is 2. The van der Waals surface area contributed by atoms with Crippen molar-refractivity contribution in [3.8, 4) is 0 Å². The molecule has 0 aliphatic heterocycles. The van der Waals surface area contributed by atoms with Gasteiger partial charge in [-0.2, -0.15) is 0 Å². The molecule has 1 aliphatic carbocycles. The van der Waals surface area contributed by atoms with Crippen LogP contribution in [-0.2, 0) is 9.59 Å². The Kier molecular flexibility index (Phi) is 11.7. The quantitative estimate of drug-likeness (QED) is 0.120. The summed E-state index contributed by atoms with van der Waals surface area (Å²) in [5.74, 6) is -1.81. The van der Waals surface area contributed by atoms with Crippen LogP contribution in [0.1, 0.15) is 57.4 Å². The molecule has 1 aromatic rings. The van der Waals surface area contributed by atoms with Gasteiger partial charge < -0.3 is 35.8 Å². The van der Waals surface area contributed by atoms with Crippen molar-refractivity contribution < 1.29 is 35.1 Å². The highest BCUT2D eigenvalue weighted by atomic mass is 16.4. The molecule has 0 fully saturated rings. The molecule has 11 nitrogen and oxygen atoms in total. The van der Waals surface area contributed by atoms with E-state index < -0.39 is 42.7 Å². The lowest BCUT2D eigenvalue weighted by Gasteiger charge is -2.32. The standard InChI is InChI=1S/C23H38N4O7/c24-22(33)17(8-11-20(29)30)26-23(34)18(9-12-21(31)32)25-19(28)10-5-15-3-6-16(7-4-15)27-13-1-2-14-27/h1-3,6,13-19,22-23,25-26,28,33-34H,4-5,7-12,24H2,(H,29,30)(H,31,32)/t15?,16?,17-,18?,19?,22?,23?/m0/s1. The van der Waals surface area contributed by atoms with E-state index in [1.165, 1.54) is 0 Å². The van der Waals surface area contributed by atoms with Gasteiger partial charge in [-0.25, -0.2) is 0 Å². The van der Waals surface area contributed by atoms with Crippen molar-refractivity contribution in [2.75, 3.05) is 0 Å². The van der Waals surface area contributed by atoms with E-state index in [-0.39, 0.29) is 25.7 Å². The summed E-state index contributed by atoms with van der Waals surface area (Å²) in [7, 11) is 0. The Morgan fingerprint density at radius 3 is 2.06 bits per heavy atom. The van der Waals surface area contributed by atoms with Gasteiger partial charge in [-0.05, 0) is 56.6 Å². The van der Waals surface area contributed by atoms with Gasteiger partial charge in [0.25, 0.3) is 0 Å². The predicted octanol–water partition coefficient (Wildman–Crippen LogP) is 0.336. The number of rotatable bonds is 16. The molecular weight excluding hydrogens is 444 g/mol. The maximum Gasteiger partial charge on any atom is 0.303 e. The molecular formula is C23H38N4O7. The average Bonchev–Trinajstić information content (AvgIpc) is 3.32. The maximum atomic E-state index is 11.0. The molecule has 0 spiro atoms. The summed E-state index contributed by atoms with van der Waals surface area (Å²) in [6.45, 7) is 0. The number of nitrogens with zero attached hydrogens (tertiary/aromatic N) is 1. The molecule has 2 rings (SSSR count). The first-order valence-electron chi connectivity index (χ1n) is 11.7. The van der Waals surface area contributed by atoms with Gasteiger partial charge in [0.1, 0.15) is 18.7 Å². The minimum absolute atomic E-state index is 0.00869. The monoisotopic (exact) mass is 482 g/mol. The van der Waals surface area contributed by atoms with E-state index >= 15 is 0 Å². The lowest BCUT2D eigenvalue weighted by atomic mass is 9.89. The molecule has 0 radical (unpaired) electrons. The second-order valence-electron chi connectivity index (χ2n) is 8.86. The zero-order valence-electron chi connectivity index (χ0n) is 19.2. The minimum atomic E-state index is -1.42. The van der Waals surface area contributed by atoms with Crippen LogP contribution in [0.4, 0.5) is 0 Å². The van der Waals surface area contributed by atoms with Crippen LogP contribution >= 0.6 is 0 Å². The van der Waals surface area contributed by atoms with Crippen LogP contribution in [0.15, 0.2) is 36.7 Å². The summed E-state index contributed by atoms with van der Waals surface area (Å²) in [4.78, 5) is 21.9. The molecule has 11 heteroatoms. The minimum Gasteiger partial charge on any atom is -0.481 e. The first-order chi connectivity index (χ1) is 16.2. The fourth-order valence-electron chi connectivity index (χ4n) is 4.20. The number of hydrogen-bond donors (Lipinski definition) is 8. The number of hydrogen-bond acceptors (Lipinski definition) is 8. The smallest absolute Gasteiger partial charge is 0.303 e. The Balaban J connectivity index is 1.87. The zero-order valence-corrected chi connectivity index (χ0v) is 19.2. The maximum absolute atomic E-state index is 11.0. The first kappa shape index (κ1) is 28.0. The summed E-state index contributed by atoms with van der Waals surface area (Å²) in [5.41, 5.74) is 5.48. The molecule has 0 amide bonds. The van der Waals surface area contributed by atoms with Crippen molar-refractivity contribution in [1.29, 1.82) is 0 Å². The van der Waals surface area contributed by atoms with Gasteiger partial charge in [-0.1, -0.05) is 12.2 Å². The van der Waals surface area contributed by atoms with Crippen LogP contribution in [0.25, 0.3) is 0 Å². The van der Waals surface area contributed by atoms with E-state index in [2.05, 4.69) is 27.4 Å². The molecule has 0 aromatic carbocycles. The summed E-state index contributed by atoms with van der Waals surface area (Å²) in [5, 5.41) is 54.2. The summed E-state index contributed by atoms with van der Waals surface area (Å²) < 4.78 is 2.16. The molecule has 192 valence electrons. The molecule has 1 aromatic heterocycles. The molecule has 1 heterocycles. The fourth-order valence-corrected chi connectivity index (χ4v) is 4.20. The van der Waals surface area contributed by atoms with Gasteiger partial charge in [0.15, 0.2) is 0 Å². The third-order valence-corrected chi connectivity index (χ3v) is 6.18.